The number of ketones is 1. The molecule has 2 heterocycles. The highest BCUT2D eigenvalue weighted by Gasteiger charge is 2.65. The second kappa shape index (κ2) is 8.18. The fraction of sp³-hybridized carbons (Fsp3) is 0.609. The highest BCUT2D eigenvalue weighted by Crippen LogP contribution is 2.64. The normalized spacial score (nSPS) is 29.5. The van der Waals surface area contributed by atoms with Crippen LogP contribution in [0, 0.1) is 16.7 Å². The van der Waals surface area contributed by atoms with Gasteiger partial charge in [-0.15, -0.1) is 0 Å². The molecule has 9 nitrogen and oxygen atoms in total. The highest BCUT2D eigenvalue weighted by atomic mass is 32.2. The van der Waals surface area contributed by atoms with Gasteiger partial charge in [-0.3, -0.25) is 4.79 Å². The highest BCUT2D eigenvalue weighted by molar-refractivity contribution is 7.89. The van der Waals surface area contributed by atoms with Crippen molar-refractivity contribution in [2.24, 2.45) is 16.7 Å². The number of sulfonamides is 1. The van der Waals surface area contributed by atoms with Crippen molar-refractivity contribution in [3.63, 3.8) is 0 Å². The lowest BCUT2D eigenvalue weighted by atomic mass is 9.70. The molecule has 178 valence electrons. The van der Waals surface area contributed by atoms with Gasteiger partial charge in [0.05, 0.1) is 18.0 Å². The Morgan fingerprint density at radius 1 is 1.24 bits per heavy atom. The summed E-state index contributed by atoms with van der Waals surface area (Å²) in [6.45, 7) is 5.22. The van der Waals surface area contributed by atoms with Crippen molar-refractivity contribution in [1.82, 2.24) is 19.1 Å². The first-order valence-electron chi connectivity index (χ1n) is 11.4. The number of ether oxygens (including phenoxy) is 2. The summed E-state index contributed by atoms with van der Waals surface area (Å²) < 4.78 is 41.6. The van der Waals surface area contributed by atoms with Crippen LogP contribution in [0.1, 0.15) is 33.1 Å². The van der Waals surface area contributed by atoms with Gasteiger partial charge in [-0.2, -0.15) is 9.40 Å². The van der Waals surface area contributed by atoms with Crippen molar-refractivity contribution >= 4 is 15.8 Å². The molecule has 3 fully saturated rings. The molecule has 3 aliphatic rings. The van der Waals surface area contributed by atoms with Crippen molar-refractivity contribution in [3.8, 4) is 11.4 Å². The van der Waals surface area contributed by atoms with Crippen LogP contribution < -0.4 is 4.74 Å². The summed E-state index contributed by atoms with van der Waals surface area (Å²) in [6.07, 6.45) is 4.83. The summed E-state index contributed by atoms with van der Waals surface area (Å²) in [7, 11) is -3.60. The van der Waals surface area contributed by atoms with E-state index >= 15 is 0 Å². The monoisotopic (exact) mass is 474 g/mol. The first-order chi connectivity index (χ1) is 15.7. The Balaban J connectivity index is 1.21. The summed E-state index contributed by atoms with van der Waals surface area (Å²) in [5, 5.41) is 4.09. The van der Waals surface area contributed by atoms with Gasteiger partial charge in [0.2, 0.25) is 10.0 Å². The van der Waals surface area contributed by atoms with E-state index in [4.69, 9.17) is 9.47 Å². The van der Waals surface area contributed by atoms with Crippen LogP contribution in [0.3, 0.4) is 0 Å². The van der Waals surface area contributed by atoms with Crippen molar-refractivity contribution in [2.75, 3.05) is 32.1 Å². The van der Waals surface area contributed by atoms with Gasteiger partial charge in [0.25, 0.3) is 0 Å². The van der Waals surface area contributed by atoms with Crippen LogP contribution in [0.4, 0.5) is 0 Å². The molecule has 2 aromatic rings. The number of nitrogens with zero attached hydrogens (tertiary/aromatic N) is 4. The first-order valence-corrected chi connectivity index (χ1v) is 13.0. The lowest BCUT2D eigenvalue weighted by Gasteiger charge is -2.39. The number of carbonyl (C=O) groups is 1. The van der Waals surface area contributed by atoms with E-state index in [1.807, 2.05) is 24.3 Å². The second-order valence-electron chi connectivity index (χ2n) is 9.92. The van der Waals surface area contributed by atoms with Gasteiger partial charge >= 0.3 is 0 Å². The van der Waals surface area contributed by atoms with Crippen LogP contribution in [0.2, 0.25) is 0 Å². The molecule has 1 aromatic heterocycles. The van der Waals surface area contributed by atoms with Crippen molar-refractivity contribution in [2.45, 2.75) is 39.2 Å². The maximum Gasteiger partial charge on any atom is 0.215 e. The molecule has 0 amide bonds. The van der Waals surface area contributed by atoms with Crippen LogP contribution in [0.5, 0.6) is 5.75 Å². The van der Waals surface area contributed by atoms with Gasteiger partial charge in [-0.1, -0.05) is 13.8 Å². The molecular formula is C23H30N4O5S. The van der Waals surface area contributed by atoms with E-state index < -0.39 is 15.4 Å². The van der Waals surface area contributed by atoms with Gasteiger partial charge in [0.15, 0.2) is 0 Å². The van der Waals surface area contributed by atoms with Crippen LogP contribution in [-0.4, -0.2) is 71.4 Å². The zero-order chi connectivity index (χ0) is 23.3. The molecule has 1 aliphatic heterocycles. The standard InChI is InChI=1S/C23H30N4O5S/c1-22(2)17-7-8-23(22,21(28)11-17)14-33(29,30)26-9-10-31-20(12-26)13-32-19-5-3-18(4-6-19)27-16-24-15-25-27/h3-6,15-17,20H,7-14H2,1-2H3. The Morgan fingerprint density at radius 2 is 2.03 bits per heavy atom. The van der Waals surface area contributed by atoms with Crippen molar-refractivity contribution in [1.29, 1.82) is 0 Å². The lowest BCUT2D eigenvalue weighted by Crippen LogP contribution is -2.52. The van der Waals surface area contributed by atoms with E-state index in [1.54, 1.807) is 11.0 Å². The van der Waals surface area contributed by atoms with Crippen molar-refractivity contribution < 1.29 is 22.7 Å². The van der Waals surface area contributed by atoms with E-state index in [0.29, 0.717) is 37.7 Å². The summed E-state index contributed by atoms with van der Waals surface area (Å²) in [4.78, 5) is 16.8. The molecular weight excluding hydrogens is 444 g/mol. The van der Waals surface area contributed by atoms with Gasteiger partial charge in [0, 0.05) is 24.9 Å². The largest absolute Gasteiger partial charge is 0.491 e. The lowest BCUT2D eigenvalue weighted by molar-refractivity contribution is -0.128. The Morgan fingerprint density at radius 3 is 2.67 bits per heavy atom. The fourth-order valence-electron chi connectivity index (χ4n) is 5.78. The summed E-state index contributed by atoms with van der Waals surface area (Å²) in [5.41, 5.74) is -0.166. The molecule has 2 saturated carbocycles. The molecule has 2 bridgehead atoms. The number of Topliss-reactive ketones (excluding diaryl/α,β-unsaturated/α-hetero) is 1. The third-order valence-electron chi connectivity index (χ3n) is 8.02. The molecule has 1 aromatic carbocycles. The summed E-state index contributed by atoms with van der Waals surface area (Å²) in [5.74, 6) is 0.980. The number of hydrogen-bond donors (Lipinski definition) is 0. The van der Waals surface area contributed by atoms with Gasteiger partial charge < -0.3 is 9.47 Å². The molecule has 0 N–H and O–H groups in total. The minimum Gasteiger partial charge on any atom is -0.491 e. The Hall–Kier alpha value is -2.30. The Labute approximate surface area is 194 Å². The third-order valence-corrected chi connectivity index (χ3v) is 9.99. The molecule has 1 saturated heterocycles. The van der Waals surface area contributed by atoms with E-state index in [9.17, 15) is 13.2 Å². The van der Waals surface area contributed by atoms with Gasteiger partial charge in [-0.25, -0.2) is 18.1 Å². The predicted octanol–water partition coefficient (Wildman–Crippen LogP) is 2.07. The SMILES string of the molecule is CC1(C)C2CCC1(CS(=O)(=O)N1CCOC(COc3ccc(-n4cncn4)cc3)C1)C(=O)C2. The molecule has 0 radical (unpaired) electrons. The molecule has 10 heteroatoms. The van der Waals surface area contributed by atoms with E-state index in [2.05, 4.69) is 23.9 Å². The molecule has 2 aliphatic carbocycles. The number of benzene rings is 1. The van der Waals surface area contributed by atoms with E-state index in [-0.39, 0.29) is 36.2 Å². The van der Waals surface area contributed by atoms with Gasteiger partial charge in [-0.05, 0) is 48.4 Å². The second-order valence-corrected chi connectivity index (χ2v) is 11.9. The summed E-state index contributed by atoms with van der Waals surface area (Å²) in [6, 6.07) is 7.41. The summed E-state index contributed by atoms with van der Waals surface area (Å²) >= 11 is 0. The number of morpholine rings is 1. The molecule has 3 atom stereocenters. The average Bonchev–Trinajstić information content (AvgIpc) is 3.45. The Kier molecular flexibility index (Phi) is 5.57. The Bertz CT molecular complexity index is 1120. The number of aromatic nitrogens is 3. The minimum absolute atomic E-state index is 0.0976. The van der Waals surface area contributed by atoms with Crippen LogP contribution in [0.25, 0.3) is 5.69 Å². The average molecular weight is 475 g/mol. The predicted molar refractivity (Wildman–Crippen MR) is 121 cm³/mol. The molecule has 33 heavy (non-hydrogen) atoms. The fourth-order valence-corrected chi connectivity index (χ4v) is 8.01. The smallest absolute Gasteiger partial charge is 0.215 e. The van der Waals surface area contributed by atoms with E-state index in [1.165, 1.54) is 10.6 Å². The molecule has 3 unspecified atom stereocenters. The zero-order valence-electron chi connectivity index (χ0n) is 19.0. The van der Waals surface area contributed by atoms with E-state index in [0.717, 1.165) is 12.1 Å². The maximum absolute atomic E-state index is 13.4. The zero-order valence-corrected chi connectivity index (χ0v) is 19.8. The van der Waals surface area contributed by atoms with Gasteiger partial charge in [0.1, 0.15) is 36.9 Å². The molecule has 5 rings (SSSR count). The first kappa shape index (κ1) is 22.5. The topological polar surface area (TPSA) is 104 Å². The maximum atomic E-state index is 13.4. The third kappa shape index (κ3) is 3.87. The van der Waals surface area contributed by atoms with Crippen LogP contribution >= 0.6 is 0 Å². The number of carbonyl (C=O) groups excluding carboxylic acids is 1. The number of hydrogen-bond acceptors (Lipinski definition) is 7. The number of rotatable bonds is 7. The minimum atomic E-state index is -3.60. The quantitative estimate of drug-likeness (QED) is 0.605. The molecule has 0 spiro atoms. The van der Waals surface area contributed by atoms with Crippen molar-refractivity contribution in [3.05, 3.63) is 36.9 Å². The van der Waals surface area contributed by atoms with Crippen LogP contribution in [-0.2, 0) is 19.6 Å². The number of fused-ring (bicyclic) bond motifs is 2. The van der Waals surface area contributed by atoms with Crippen LogP contribution in [0.15, 0.2) is 36.9 Å².